The number of hydrogen-bond donors (Lipinski definition) is 1. The largest absolute Gasteiger partial charge is 0.358 e. The Morgan fingerprint density at radius 1 is 1.06 bits per heavy atom. The number of hydrogen-bond acceptors (Lipinski definition) is 2. The van der Waals surface area contributed by atoms with Gasteiger partial charge in [-0.2, -0.15) is 5.26 Å². The first kappa shape index (κ1) is 18.7. The molecule has 2 heterocycles. The molecule has 0 spiro atoms. The minimum absolute atomic E-state index is 0.0528. The van der Waals surface area contributed by atoms with Crippen molar-refractivity contribution in [2.45, 2.75) is 13.0 Å². The van der Waals surface area contributed by atoms with Crippen molar-refractivity contribution >= 4 is 22.5 Å². The van der Waals surface area contributed by atoms with Gasteiger partial charge in [-0.25, -0.2) is 4.85 Å². The van der Waals surface area contributed by atoms with Gasteiger partial charge in [0.15, 0.2) is 5.69 Å². The summed E-state index contributed by atoms with van der Waals surface area (Å²) in [5.74, 6) is -0.0528. The molecule has 5 nitrogen and oxygen atoms in total. The van der Waals surface area contributed by atoms with Crippen LogP contribution in [0, 0.1) is 17.9 Å². The number of rotatable bonds is 2. The SMILES string of the molecule is [C-]#[N+]c1ccc(-c2ccc3[nH]c4c(c3c2)CN(C(=O)c2cccc(C#N)c2)CC4)cc1. The van der Waals surface area contributed by atoms with Crippen LogP contribution < -0.4 is 0 Å². The second-order valence-corrected chi connectivity index (χ2v) is 7.67. The van der Waals surface area contributed by atoms with Crippen molar-refractivity contribution in [3.63, 3.8) is 0 Å². The van der Waals surface area contributed by atoms with Crippen LogP contribution in [0.1, 0.15) is 27.2 Å². The van der Waals surface area contributed by atoms with Gasteiger partial charge in [0.25, 0.3) is 5.91 Å². The van der Waals surface area contributed by atoms with Crippen molar-refractivity contribution in [2.75, 3.05) is 6.54 Å². The van der Waals surface area contributed by atoms with Crippen LogP contribution in [-0.2, 0) is 13.0 Å². The molecule has 0 unspecified atom stereocenters. The molecule has 5 rings (SSSR count). The number of H-pyrrole nitrogens is 1. The number of aromatic amines is 1. The number of carbonyl (C=O) groups is 1. The summed E-state index contributed by atoms with van der Waals surface area (Å²) in [5.41, 5.74) is 7.17. The Morgan fingerprint density at radius 3 is 2.65 bits per heavy atom. The summed E-state index contributed by atoms with van der Waals surface area (Å²) in [6.45, 7) is 8.29. The van der Waals surface area contributed by atoms with Crippen LogP contribution in [0.4, 0.5) is 5.69 Å². The molecule has 0 fully saturated rings. The smallest absolute Gasteiger partial charge is 0.254 e. The summed E-state index contributed by atoms with van der Waals surface area (Å²) in [6.07, 6.45) is 0.767. The van der Waals surface area contributed by atoms with Crippen LogP contribution in [0.5, 0.6) is 0 Å². The average molecular weight is 402 g/mol. The van der Waals surface area contributed by atoms with Gasteiger partial charge in [-0.3, -0.25) is 4.79 Å². The zero-order valence-corrected chi connectivity index (χ0v) is 16.7. The molecule has 1 aromatic heterocycles. The monoisotopic (exact) mass is 402 g/mol. The minimum Gasteiger partial charge on any atom is -0.358 e. The third-order valence-electron chi connectivity index (χ3n) is 5.83. The van der Waals surface area contributed by atoms with E-state index in [9.17, 15) is 4.79 Å². The minimum atomic E-state index is -0.0528. The number of amides is 1. The standard InChI is InChI=1S/C26H18N4O/c1-28-21-8-5-18(6-9-21)19-7-10-24-22(14-19)23-16-30(12-11-25(23)29-24)26(31)20-4-2-3-17(13-20)15-27/h2-10,13-14,29H,11-12,16H2. The van der Waals surface area contributed by atoms with Crippen molar-refractivity contribution in [1.29, 1.82) is 5.26 Å². The quantitative estimate of drug-likeness (QED) is 0.453. The highest BCUT2D eigenvalue weighted by atomic mass is 16.2. The van der Waals surface area contributed by atoms with Crippen molar-refractivity contribution in [3.05, 3.63) is 101 Å². The maximum Gasteiger partial charge on any atom is 0.254 e. The van der Waals surface area contributed by atoms with Crippen LogP contribution in [0.25, 0.3) is 26.9 Å². The van der Waals surface area contributed by atoms with Crippen LogP contribution in [0.15, 0.2) is 66.7 Å². The molecule has 5 heteroatoms. The second kappa shape index (κ2) is 7.48. The Kier molecular flexibility index (Phi) is 4.50. The molecule has 1 N–H and O–H groups in total. The molecule has 0 saturated carbocycles. The Hall–Kier alpha value is -4.35. The van der Waals surface area contributed by atoms with Crippen molar-refractivity contribution in [1.82, 2.24) is 9.88 Å². The van der Waals surface area contributed by atoms with E-state index < -0.39 is 0 Å². The highest BCUT2D eigenvalue weighted by Crippen LogP contribution is 2.32. The number of aromatic nitrogens is 1. The summed E-state index contributed by atoms with van der Waals surface area (Å²) in [4.78, 5) is 21.9. The molecule has 31 heavy (non-hydrogen) atoms. The molecule has 0 radical (unpaired) electrons. The molecule has 148 valence electrons. The number of carbonyl (C=O) groups excluding carboxylic acids is 1. The van der Waals surface area contributed by atoms with Crippen LogP contribution >= 0.6 is 0 Å². The summed E-state index contributed by atoms with van der Waals surface area (Å²) >= 11 is 0. The molecule has 0 saturated heterocycles. The predicted molar refractivity (Wildman–Crippen MR) is 120 cm³/mol. The molecular formula is C26H18N4O. The van der Waals surface area contributed by atoms with Crippen molar-refractivity contribution in [2.24, 2.45) is 0 Å². The molecule has 1 amide bonds. The van der Waals surface area contributed by atoms with Gasteiger partial charge in [-0.1, -0.05) is 36.4 Å². The van der Waals surface area contributed by atoms with E-state index in [2.05, 4.69) is 34.1 Å². The molecule has 4 aromatic rings. The van der Waals surface area contributed by atoms with Gasteiger partial charge in [0, 0.05) is 47.2 Å². The van der Waals surface area contributed by atoms with Gasteiger partial charge in [0.1, 0.15) is 0 Å². The molecule has 0 atom stereocenters. The number of fused-ring (bicyclic) bond motifs is 3. The van der Waals surface area contributed by atoms with Crippen molar-refractivity contribution in [3.8, 4) is 17.2 Å². The van der Waals surface area contributed by atoms with Gasteiger partial charge < -0.3 is 9.88 Å². The zero-order valence-electron chi connectivity index (χ0n) is 16.7. The fraction of sp³-hybridized carbons (Fsp3) is 0.115. The maximum absolute atomic E-state index is 13.1. The van der Waals surface area contributed by atoms with Crippen LogP contribution in [-0.4, -0.2) is 22.3 Å². The fourth-order valence-electron chi connectivity index (χ4n) is 4.20. The maximum atomic E-state index is 13.1. The van der Waals surface area contributed by atoms with Gasteiger partial charge in [0.05, 0.1) is 18.2 Å². The molecule has 0 aliphatic carbocycles. The lowest BCUT2D eigenvalue weighted by atomic mass is 9.99. The first-order valence-electron chi connectivity index (χ1n) is 10.1. The summed E-state index contributed by atoms with van der Waals surface area (Å²) < 4.78 is 0. The zero-order chi connectivity index (χ0) is 21.4. The number of nitriles is 1. The van der Waals surface area contributed by atoms with Gasteiger partial charge in [-0.15, -0.1) is 0 Å². The second-order valence-electron chi connectivity index (χ2n) is 7.67. The molecule has 0 bridgehead atoms. The molecular weight excluding hydrogens is 384 g/mol. The molecule has 1 aliphatic rings. The lowest BCUT2D eigenvalue weighted by molar-refractivity contribution is 0.0735. The first-order chi connectivity index (χ1) is 15.2. The van der Waals surface area contributed by atoms with E-state index in [0.717, 1.165) is 34.0 Å². The average Bonchev–Trinajstić information content (AvgIpc) is 3.20. The predicted octanol–water partition coefficient (Wildman–Crippen LogP) is 5.46. The lowest BCUT2D eigenvalue weighted by Crippen LogP contribution is -2.35. The van der Waals surface area contributed by atoms with E-state index in [0.29, 0.717) is 29.9 Å². The topological polar surface area (TPSA) is 64.2 Å². The van der Waals surface area contributed by atoms with Gasteiger partial charge in [0.2, 0.25) is 0 Å². The van der Waals surface area contributed by atoms with E-state index in [1.54, 1.807) is 24.3 Å². The van der Waals surface area contributed by atoms with E-state index in [1.165, 1.54) is 5.69 Å². The fourth-order valence-corrected chi connectivity index (χ4v) is 4.20. The third-order valence-corrected chi connectivity index (χ3v) is 5.83. The van der Waals surface area contributed by atoms with E-state index in [1.807, 2.05) is 29.2 Å². The molecule has 3 aromatic carbocycles. The van der Waals surface area contributed by atoms with E-state index in [4.69, 9.17) is 11.8 Å². The first-order valence-corrected chi connectivity index (χ1v) is 10.1. The summed E-state index contributed by atoms with van der Waals surface area (Å²) in [6, 6.07) is 22.9. The molecule has 1 aliphatic heterocycles. The van der Waals surface area contributed by atoms with Gasteiger partial charge in [-0.05, 0) is 41.5 Å². The Bertz CT molecular complexity index is 1400. The number of nitrogens with zero attached hydrogens (tertiary/aromatic N) is 3. The highest BCUT2D eigenvalue weighted by molar-refractivity contribution is 5.96. The Morgan fingerprint density at radius 2 is 1.87 bits per heavy atom. The number of nitrogens with one attached hydrogen (secondary N) is 1. The van der Waals surface area contributed by atoms with E-state index >= 15 is 0 Å². The highest BCUT2D eigenvalue weighted by Gasteiger charge is 2.25. The normalized spacial score (nSPS) is 12.8. The van der Waals surface area contributed by atoms with E-state index in [-0.39, 0.29) is 5.91 Å². The third kappa shape index (κ3) is 3.33. The lowest BCUT2D eigenvalue weighted by Gasteiger charge is -2.27. The van der Waals surface area contributed by atoms with Crippen LogP contribution in [0.2, 0.25) is 0 Å². The number of benzene rings is 3. The summed E-state index contributed by atoms with van der Waals surface area (Å²) in [7, 11) is 0. The summed E-state index contributed by atoms with van der Waals surface area (Å²) in [5, 5.41) is 10.2. The Labute approximate surface area is 180 Å². The van der Waals surface area contributed by atoms with Gasteiger partial charge >= 0.3 is 0 Å². The van der Waals surface area contributed by atoms with Crippen LogP contribution in [0.3, 0.4) is 0 Å². The Balaban J connectivity index is 1.49. The van der Waals surface area contributed by atoms with Crippen molar-refractivity contribution < 1.29 is 4.79 Å².